The molecule has 0 aliphatic carbocycles. The smallest absolute Gasteiger partial charge is 0.326 e. The monoisotopic (exact) mass is 268 g/mol. The first-order chi connectivity index (χ1) is 9.08. The molecule has 1 unspecified atom stereocenters. The predicted molar refractivity (Wildman–Crippen MR) is 65.5 cm³/mol. The lowest BCUT2D eigenvalue weighted by Crippen LogP contribution is -2.40. The van der Waals surface area contributed by atoms with E-state index in [4.69, 9.17) is 14.4 Å². The van der Waals surface area contributed by atoms with Crippen molar-refractivity contribution in [1.82, 2.24) is 10.5 Å². The summed E-state index contributed by atoms with van der Waals surface area (Å²) in [6.07, 6.45) is 3.59. The van der Waals surface area contributed by atoms with Crippen LogP contribution in [-0.2, 0) is 16.1 Å². The van der Waals surface area contributed by atoms with E-state index in [1.807, 2.05) is 0 Å². The Morgan fingerprint density at radius 3 is 2.95 bits per heavy atom. The fourth-order valence-corrected chi connectivity index (χ4v) is 1.36. The van der Waals surface area contributed by atoms with Crippen molar-refractivity contribution >= 4 is 11.9 Å². The van der Waals surface area contributed by atoms with Crippen molar-refractivity contribution in [2.24, 2.45) is 0 Å². The van der Waals surface area contributed by atoms with Gasteiger partial charge in [-0.3, -0.25) is 4.79 Å². The Morgan fingerprint density at radius 1 is 1.63 bits per heavy atom. The standard InChI is InChI=1S/C12H16N2O5/c1-3-4-5-9(12(16)17)13-11(15)10-6-8(7-18-2)19-14-10/h3-4,6,9H,5,7H2,1-2H3,(H,13,15)(H,16,17)/b4-3+. The Bertz CT molecular complexity index is 466. The number of methoxy groups -OCH3 is 1. The summed E-state index contributed by atoms with van der Waals surface area (Å²) in [5.41, 5.74) is 0.0266. The van der Waals surface area contributed by atoms with Gasteiger partial charge in [0.2, 0.25) is 0 Å². The van der Waals surface area contributed by atoms with Crippen molar-refractivity contribution in [2.45, 2.75) is 26.0 Å². The van der Waals surface area contributed by atoms with Gasteiger partial charge >= 0.3 is 5.97 Å². The molecule has 1 atom stereocenters. The van der Waals surface area contributed by atoms with Crippen LogP contribution in [0.3, 0.4) is 0 Å². The van der Waals surface area contributed by atoms with Crippen molar-refractivity contribution in [3.63, 3.8) is 0 Å². The summed E-state index contributed by atoms with van der Waals surface area (Å²) in [4.78, 5) is 22.7. The Balaban J connectivity index is 2.67. The third-order valence-corrected chi connectivity index (χ3v) is 2.29. The van der Waals surface area contributed by atoms with E-state index in [2.05, 4.69) is 10.5 Å². The molecule has 7 nitrogen and oxygen atoms in total. The summed E-state index contributed by atoms with van der Waals surface area (Å²) in [5, 5.41) is 14.9. The number of ether oxygens (including phenoxy) is 1. The molecule has 1 aromatic heterocycles. The van der Waals surface area contributed by atoms with Gasteiger partial charge in [-0.05, 0) is 13.3 Å². The zero-order chi connectivity index (χ0) is 14.3. The second-order valence-corrected chi connectivity index (χ2v) is 3.78. The molecule has 1 amide bonds. The fraction of sp³-hybridized carbons (Fsp3) is 0.417. The van der Waals surface area contributed by atoms with Gasteiger partial charge in [-0.2, -0.15) is 0 Å². The maximum absolute atomic E-state index is 11.8. The molecule has 7 heteroatoms. The molecule has 19 heavy (non-hydrogen) atoms. The molecular formula is C12H16N2O5. The number of carbonyl (C=O) groups excluding carboxylic acids is 1. The van der Waals surface area contributed by atoms with E-state index in [0.29, 0.717) is 5.76 Å². The third kappa shape index (κ3) is 4.55. The van der Waals surface area contributed by atoms with Crippen LogP contribution in [-0.4, -0.2) is 35.3 Å². The average Bonchev–Trinajstić information content (AvgIpc) is 2.83. The number of allylic oxidation sites excluding steroid dienone is 1. The minimum absolute atomic E-state index is 0.0266. The van der Waals surface area contributed by atoms with Gasteiger partial charge < -0.3 is 19.7 Å². The molecule has 0 bridgehead atoms. The molecule has 0 aliphatic rings. The number of aromatic nitrogens is 1. The highest BCUT2D eigenvalue weighted by Gasteiger charge is 2.21. The van der Waals surface area contributed by atoms with E-state index in [-0.39, 0.29) is 18.7 Å². The average molecular weight is 268 g/mol. The van der Waals surface area contributed by atoms with Crippen molar-refractivity contribution in [1.29, 1.82) is 0 Å². The first-order valence-electron chi connectivity index (χ1n) is 5.67. The van der Waals surface area contributed by atoms with Crippen molar-refractivity contribution in [3.05, 3.63) is 29.7 Å². The first-order valence-corrected chi connectivity index (χ1v) is 5.67. The van der Waals surface area contributed by atoms with Crippen LogP contribution >= 0.6 is 0 Å². The minimum Gasteiger partial charge on any atom is -0.480 e. The normalized spacial score (nSPS) is 12.5. The fourth-order valence-electron chi connectivity index (χ4n) is 1.36. The first kappa shape index (κ1) is 14.9. The van der Waals surface area contributed by atoms with Crippen LogP contribution in [0.15, 0.2) is 22.7 Å². The predicted octanol–water partition coefficient (Wildman–Crippen LogP) is 0.970. The maximum atomic E-state index is 11.8. The molecule has 0 aromatic carbocycles. The number of amides is 1. The number of carboxylic acids is 1. The van der Waals surface area contributed by atoms with Crippen LogP contribution in [0, 0.1) is 0 Å². The van der Waals surface area contributed by atoms with Crippen molar-refractivity contribution < 1.29 is 24.0 Å². The molecule has 2 N–H and O–H groups in total. The number of nitrogens with one attached hydrogen (secondary N) is 1. The maximum Gasteiger partial charge on any atom is 0.326 e. The largest absolute Gasteiger partial charge is 0.480 e. The highest BCUT2D eigenvalue weighted by molar-refractivity contribution is 5.94. The summed E-state index contributed by atoms with van der Waals surface area (Å²) in [6.45, 7) is 1.97. The molecular weight excluding hydrogens is 252 g/mol. The van der Waals surface area contributed by atoms with Crippen LogP contribution in [0.2, 0.25) is 0 Å². The van der Waals surface area contributed by atoms with Gasteiger partial charge in [-0.1, -0.05) is 17.3 Å². The number of hydrogen-bond acceptors (Lipinski definition) is 5. The Labute approximate surface area is 110 Å². The highest BCUT2D eigenvalue weighted by atomic mass is 16.5. The molecule has 0 spiro atoms. The van der Waals surface area contributed by atoms with Crippen LogP contribution in [0.25, 0.3) is 0 Å². The zero-order valence-corrected chi connectivity index (χ0v) is 10.8. The molecule has 1 rings (SSSR count). The van der Waals surface area contributed by atoms with E-state index < -0.39 is 17.9 Å². The van der Waals surface area contributed by atoms with Crippen LogP contribution < -0.4 is 5.32 Å². The Hall–Kier alpha value is -2.15. The number of hydrogen-bond donors (Lipinski definition) is 2. The quantitative estimate of drug-likeness (QED) is 0.714. The van der Waals surface area contributed by atoms with Gasteiger partial charge in [0, 0.05) is 13.2 Å². The molecule has 1 aromatic rings. The summed E-state index contributed by atoms with van der Waals surface area (Å²) < 4.78 is 9.68. The summed E-state index contributed by atoms with van der Waals surface area (Å²) in [7, 11) is 1.49. The number of rotatable bonds is 7. The van der Waals surface area contributed by atoms with E-state index >= 15 is 0 Å². The summed E-state index contributed by atoms with van der Waals surface area (Å²) in [6, 6.07) is 0.416. The lowest BCUT2D eigenvalue weighted by Gasteiger charge is -2.10. The van der Waals surface area contributed by atoms with E-state index in [9.17, 15) is 9.59 Å². The van der Waals surface area contributed by atoms with Crippen molar-refractivity contribution in [2.75, 3.05) is 7.11 Å². The van der Waals surface area contributed by atoms with Gasteiger partial charge in [0.15, 0.2) is 11.5 Å². The third-order valence-electron chi connectivity index (χ3n) is 2.29. The Morgan fingerprint density at radius 2 is 2.37 bits per heavy atom. The van der Waals surface area contributed by atoms with Crippen LogP contribution in [0.5, 0.6) is 0 Å². The molecule has 0 fully saturated rings. The molecule has 0 radical (unpaired) electrons. The molecule has 0 saturated heterocycles. The second-order valence-electron chi connectivity index (χ2n) is 3.78. The van der Waals surface area contributed by atoms with Gasteiger partial charge in [0.05, 0.1) is 0 Å². The number of carbonyl (C=O) groups is 2. The lowest BCUT2D eigenvalue weighted by atomic mass is 10.2. The minimum atomic E-state index is -1.10. The molecule has 104 valence electrons. The van der Waals surface area contributed by atoms with Crippen LogP contribution in [0.1, 0.15) is 29.6 Å². The molecule has 1 heterocycles. The second kappa shape index (κ2) is 7.32. The number of aliphatic carboxylic acids is 1. The van der Waals surface area contributed by atoms with Gasteiger partial charge in [0.25, 0.3) is 5.91 Å². The van der Waals surface area contributed by atoms with Gasteiger partial charge in [-0.25, -0.2) is 4.79 Å². The molecule has 0 aliphatic heterocycles. The van der Waals surface area contributed by atoms with E-state index in [1.165, 1.54) is 13.2 Å². The summed E-state index contributed by atoms with van der Waals surface area (Å²) in [5.74, 6) is -1.30. The van der Waals surface area contributed by atoms with Crippen LogP contribution in [0.4, 0.5) is 0 Å². The number of carboxylic acid groups (broad SMARTS) is 1. The highest BCUT2D eigenvalue weighted by Crippen LogP contribution is 2.05. The molecule has 0 saturated carbocycles. The topological polar surface area (TPSA) is 102 Å². The zero-order valence-electron chi connectivity index (χ0n) is 10.8. The lowest BCUT2D eigenvalue weighted by molar-refractivity contribution is -0.139. The number of nitrogens with zero attached hydrogens (tertiary/aromatic N) is 1. The summed E-state index contributed by atoms with van der Waals surface area (Å²) >= 11 is 0. The Kier molecular flexibility index (Phi) is 5.74. The van der Waals surface area contributed by atoms with Crippen molar-refractivity contribution in [3.8, 4) is 0 Å². The van der Waals surface area contributed by atoms with E-state index in [1.54, 1.807) is 19.1 Å². The van der Waals surface area contributed by atoms with Gasteiger partial charge in [0.1, 0.15) is 12.6 Å². The SMILES string of the molecule is C/C=C/CC(NC(=O)c1cc(COC)on1)C(=O)O. The van der Waals surface area contributed by atoms with Gasteiger partial charge in [-0.15, -0.1) is 0 Å². The van der Waals surface area contributed by atoms with E-state index in [0.717, 1.165) is 0 Å².